The maximum Gasteiger partial charge on any atom is -0.0136 e. The Kier molecular flexibility index (Phi) is 4.65. The van der Waals surface area contributed by atoms with Gasteiger partial charge in [-0.25, -0.2) is 0 Å². The van der Waals surface area contributed by atoms with Gasteiger partial charge >= 0.3 is 0 Å². The summed E-state index contributed by atoms with van der Waals surface area (Å²) >= 11 is 0. The number of hydrogen-bond donors (Lipinski definition) is 0. The molecule has 0 aliphatic heterocycles. The topological polar surface area (TPSA) is 0 Å². The van der Waals surface area contributed by atoms with E-state index in [1.165, 1.54) is 11.1 Å². The van der Waals surface area contributed by atoms with Crippen LogP contribution < -0.4 is 0 Å². The van der Waals surface area contributed by atoms with E-state index in [2.05, 4.69) is 39.5 Å². The van der Waals surface area contributed by atoms with Crippen molar-refractivity contribution < 1.29 is 0 Å². The number of allylic oxidation sites excluding steroid dienone is 5. The van der Waals surface area contributed by atoms with Crippen LogP contribution in [0.4, 0.5) is 0 Å². The molecule has 0 rings (SSSR count). The average Bonchev–Trinajstić information content (AvgIpc) is 1.99. The van der Waals surface area contributed by atoms with Crippen LogP contribution in [-0.4, -0.2) is 0 Å². The molecule has 0 unspecified atom stereocenters. The van der Waals surface area contributed by atoms with E-state index < -0.39 is 0 Å². The monoisotopic (exact) mass is 136 g/mol. The first kappa shape index (κ1) is 9.22. The summed E-state index contributed by atoms with van der Waals surface area (Å²) in [5.74, 6) is 0. The molecule has 0 aliphatic rings. The van der Waals surface area contributed by atoms with Gasteiger partial charge in [0.15, 0.2) is 0 Å². The molecule has 0 aromatic carbocycles. The lowest BCUT2D eigenvalue weighted by atomic mass is 10.1. The van der Waals surface area contributed by atoms with Crippen molar-refractivity contribution in [2.45, 2.75) is 27.2 Å². The van der Waals surface area contributed by atoms with Crippen molar-refractivity contribution in [1.29, 1.82) is 0 Å². The summed E-state index contributed by atoms with van der Waals surface area (Å²) in [5.41, 5.74) is 2.66. The van der Waals surface area contributed by atoms with Gasteiger partial charge in [-0.15, -0.1) is 0 Å². The molecule has 0 atom stereocenters. The fourth-order valence-electron chi connectivity index (χ4n) is 0.523. The van der Waals surface area contributed by atoms with Crippen LogP contribution in [0.1, 0.15) is 27.2 Å². The lowest BCUT2D eigenvalue weighted by Crippen LogP contribution is -1.72. The van der Waals surface area contributed by atoms with Gasteiger partial charge in [-0.2, -0.15) is 0 Å². The van der Waals surface area contributed by atoms with Crippen molar-refractivity contribution in [2.24, 2.45) is 0 Å². The fraction of sp³-hybridized carbons (Fsp3) is 0.400. The maximum absolute atomic E-state index is 3.68. The van der Waals surface area contributed by atoms with Gasteiger partial charge in [0.25, 0.3) is 0 Å². The third kappa shape index (κ3) is 4.13. The van der Waals surface area contributed by atoms with Crippen LogP contribution in [0.15, 0.2) is 36.0 Å². The van der Waals surface area contributed by atoms with Gasteiger partial charge in [-0.1, -0.05) is 36.0 Å². The van der Waals surface area contributed by atoms with E-state index in [0.29, 0.717) is 0 Å². The highest BCUT2D eigenvalue weighted by Gasteiger charge is 1.83. The summed E-state index contributed by atoms with van der Waals surface area (Å²) in [7, 11) is 0. The first-order valence-electron chi connectivity index (χ1n) is 3.61. The Morgan fingerprint density at radius 1 is 1.40 bits per heavy atom. The molecule has 0 radical (unpaired) electrons. The molecule has 0 aromatic rings. The summed E-state index contributed by atoms with van der Waals surface area (Å²) in [4.78, 5) is 0. The summed E-state index contributed by atoms with van der Waals surface area (Å²) < 4.78 is 0. The largest absolute Gasteiger partial charge is 0.0988 e. The minimum atomic E-state index is 1.05. The number of hydrogen-bond acceptors (Lipinski definition) is 0. The molecule has 0 saturated carbocycles. The van der Waals surface area contributed by atoms with Gasteiger partial charge in [-0.3, -0.25) is 0 Å². The van der Waals surface area contributed by atoms with Crippen molar-refractivity contribution in [3.05, 3.63) is 36.0 Å². The highest BCUT2D eigenvalue weighted by molar-refractivity contribution is 5.16. The summed E-state index contributed by atoms with van der Waals surface area (Å²) in [6, 6.07) is 0. The Morgan fingerprint density at radius 3 is 2.40 bits per heavy atom. The molecule has 0 aliphatic carbocycles. The van der Waals surface area contributed by atoms with Gasteiger partial charge < -0.3 is 0 Å². The molecule has 0 heterocycles. The zero-order valence-corrected chi connectivity index (χ0v) is 7.15. The van der Waals surface area contributed by atoms with E-state index in [0.717, 1.165) is 6.42 Å². The lowest BCUT2D eigenvalue weighted by Gasteiger charge is -1.93. The van der Waals surface area contributed by atoms with Gasteiger partial charge in [0, 0.05) is 0 Å². The van der Waals surface area contributed by atoms with Gasteiger partial charge in [0.1, 0.15) is 0 Å². The predicted molar refractivity (Wildman–Crippen MR) is 48.0 cm³/mol. The summed E-state index contributed by atoms with van der Waals surface area (Å²) in [6.07, 6.45) is 7.24. The van der Waals surface area contributed by atoms with E-state index in [-0.39, 0.29) is 0 Å². The molecule has 0 fully saturated rings. The van der Waals surface area contributed by atoms with Crippen LogP contribution in [0.5, 0.6) is 0 Å². The second-order valence-corrected chi connectivity index (χ2v) is 2.49. The predicted octanol–water partition coefficient (Wildman–Crippen LogP) is 3.48. The van der Waals surface area contributed by atoms with Crippen molar-refractivity contribution in [3.8, 4) is 0 Å². The Balaban J connectivity index is 3.83. The molecule has 56 valence electrons. The Bertz CT molecular complexity index is 159. The molecular formula is C10H16. The molecule has 0 amide bonds. The van der Waals surface area contributed by atoms with Gasteiger partial charge in [0.2, 0.25) is 0 Å². The van der Waals surface area contributed by atoms with Crippen molar-refractivity contribution in [2.75, 3.05) is 0 Å². The summed E-state index contributed by atoms with van der Waals surface area (Å²) in [5, 5.41) is 0. The van der Waals surface area contributed by atoms with E-state index in [1.54, 1.807) is 0 Å². The van der Waals surface area contributed by atoms with Crippen LogP contribution in [0.3, 0.4) is 0 Å². The van der Waals surface area contributed by atoms with Crippen LogP contribution in [-0.2, 0) is 0 Å². The third-order valence-electron chi connectivity index (χ3n) is 1.56. The zero-order valence-electron chi connectivity index (χ0n) is 7.15. The molecule has 0 spiro atoms. The molecule has 0 nitrogen and oxygen atoms in total. The van der Waals surface area contributed by atoms with E-state index >= 15 is 0 Å². The minimum absolute atomic E-state index is 1.05. The van der Waals surface area contributed by atoms with Crippen LogP contribution in [0.2, 0.25) is 0 Å². The van der Waals surface area contributed by atoms with E-state index in [1.807, 2.05) is 6.08 Å². The van der Waals surface area contributed by atoms with Gasteiger partial charge in [0.05, 0.1) is 0 Å². The quantitative estimate of drug-likeness (QED) is 0.411. The number of rotatable bonds is 3. The second kappa shape index (κ2) is 5.04. The van der Waals surface area contributed by atoms with Crippen LogP contribution in [0.25, 0.3) is 0 Å². The van der Waals surface area contributed by atoms with Crippen molar-refractivity contribution >= 4 is 0 Å². The molecule has 0 saturated heterocycles. The molecule has 0 heteroatoms. The normalized spacial score (nSPS) is 13.5. The molecule has 0 bridgehead atoms. The highest BCUT2D eigenvalue weighted by Crippen LogP contribution is 2.03. The van der Waals surface area contributed by atoms with E-state index in [9.17, 15) is 0 Å². The average molecular weight is 136 g/mol. The minimum Gasteiger partial charge on any atom is -0.0988 e. The maximum atomic E-state index is 3.68. The van der Waals surface area contributed by atoms with Crippen molar-refractivity contribution in [1.82, 2.24) is 0 Å². The van der Waals surface area contributed by atoms with Crippen LogP contribution >= 0.6 is 0 Å². The summed E-state index contributed by atoms with van der Waals surface area (Å²) in [6.45, 7) is 9.94. The highest BCUT2D eigenvalue weighted by atomic mass is 13.9. The third-order valence-corrected chi connectivity index (χ3v) is 1.56. The Hall–Kier alpha value is -0.780. The smallest absolute Gasteiger partial charge is 0.0136 e. The molecule has 0 aromatic heterocycles. The zero-order chi connectivity index (χ0) is 7.98. The first-order valence-corrected chi connectivity index (χ1v) is 3.61. The lowest BCUT2D eigenvalue weighted by molar-refractivity contribution is 1.18. The molecular weight excluding hydrogens is 120 g/mol. The van der Waals surface area contributed by atoms with Gasteiger partial charge in [-0.05, 0) is 27.2 Å². The standard InChI is InChI=1S/C10H16/c1-5-9(3)7-8-10(4)6-2/h5-7H,1,8H2,2-4H3. The SMILES string of the molecule is C=CC(C)=CCC(C)=CC. The first-order chi connectivity index (χ1) is 4.70. The van der Waals surface area contributed by atoms with E-state index in [4.69, 9.17) is 0 Å². The molecule has 10 heavy (non-hydrogen) atoms. The fourth-order valence-corrected chi connectivity index (χ4v) is 0.523. The van der Waals surface area contributed by atoms with Crippen LogP contribution in [0, 0.1) is 0 Å². The Labute approximate surface area is 64.0 Å². The second-order valence-electron chi connectivity index (χ2n) is 2.49. The Morgan fingerprint density at radius 2 is 2.00 bits per heavy atom. The van der Waals surface area contributed by atoms with Crippen molar-refractivity contribution in [3.63, 3.8) is 0 Å². The molecule has 0 N–H and O–H groups in total.